The second-order valence-corrected chi connectivity index (χ2v) is 5.85. The minimum atomic E-state index is -3.83. The number of nitro benzene ring substituents is 1. The number of nitro groups is 1. The number of nitrogens with one attached hydrogen (secondary N) is 1. The summed E-state index contributed by atoms with van der Waals surface area (Å²) < 4.78 is 22.9. The van der Waals surface area contributed by atoms with Gasteiger partial charge in [-0.05, 0) is 17.7 Å². The molecule has 7 nitrogen and oxygen atoms in total. The predicted molar refractivity (Wildman–Crippen MR) is 78.2 cm³/mol. The van der Waals surface area contributed by atoms with E-state index in [4.69, 9.17) is 5.14 Å². The van der Waals surface area contributed by atoms with E-state index in [-0.39, 0.29) is 17.1 Å². The number of non-ortho nitro benzene ring substituents is 1. The van der Waals surface area contributed by atoms with Gasteiger partial charge >= 0.3 is 0 Å². The third-order valence-corrected chi connectivity index (χ3v) is 3.77. The van der Waals surface area contributed by atoms with Gasteiger partial charge < -0.3 is 5.32 Å². The minimum Gasteiger partial charge on any atom is -0.380 e. The lowest BCUT2D eigenvalue weighted by Crippen LogP contribution is -2.15. The number of hydrogen-bond donors (Lipinski definition) is 2. The van der Waals surface area contributed by atoms with Gasteiger partial charge in [0.2, 0.25) is 10.0 Å². The van der Waals surface area contributed by atoms with Gasteiger partial charge in [0.05, 0.1) is 10.6 Å². The summed E-state index contributed by atoms with van der Waals surface area (Å²) in [5.41, 5.74) is 0.994. The quantitative estimate of drug-likeness (QED) is 0.646. The topological polar surface area (TPSA) is 115 Å². The highest BCUT2D eigenvalue weighted by Crippen LogP contribution is 2.21. The highest BCUT2D eigenvalue weighted by molar-refractivity contribution is 7.89. The van der Waals surface area contributed by atoms with Crippen molar-refractivity contribution in [3.8, 4) is 0 Å². The van der Waals surface area contributed by atoms with Crippen LogP contribution in [0.25, 0.3) is 0 Å². The molecule has 0 bridgehead atoms. The first-order valence-corrected chi connectivity index (χ1v) is 7.51. The van der Waals surface area contributed by atoms with Gasteiger partial charge in [0.15, 0.2) is 0 Å². The fraction of sp³-hybridized carbons (Fsp3) is 0.0769. The van der Waals surface area contributed by atoms with Crippen LogP contribution in [-0.4, -0.2) is 13.3 Å². The lowest BCUT2D eigenvalue weighted by molar-refractivity contribution is -0.384. The molecular formula is C13H13N3O4S. The second-order valence-electron chi connectivity index (χ2n) is 4.32. The molecule has 0 spiro atoms. The Balaban J connectivity index is 2.21. The van der Waals surface area contributed by atoms with Crippen LogP contribution in [0.2, 0.25) is 0 Å². The predicted octanol–water partition coefficient (Wildman–Crippen LogP) is 1.85. The summed E-state index contributed by atoms with van der Waals surface area (Å²) in [6.07, 6.45) is 0. The Bertz CT molecular complexity index is 774. The first-order valence-electron chi connectivity index (χ1n) is 5.97. The van der Waals surface area contributed by atoms with Gasteiger partial charge in [-0.3, -0.25) is 10.1 Å². The zero-order chi connectivity index (χ0) is 15.5. The second kappa shape index (κ2) is 5.90. The lowest BCUT2D eigenvalue weighted by Gasteiger charge is -2.10. The van der Waals surface area contributed by atoms with E-state index in [1.165, 1.54) is 18.2 Å². The van der Waals surface area contributed by atoms with Gasteiger partial charge in [-0.25, -0.2) is 13.6 Å². The molecule has 2 aromatic carbocycles. The van der Waals surface area contributed by atoms with Crippen LogP contribution in [0.15, 0.2) is 53.4 Å². The number of primary sulfonamides is 1. The SMILES string of the molecule is NS(=O)(=O)c1ccccc1NCc1cccc([N+](=O)[O-])c1. The van der Waals surface area contributed by atoms with Crippen LogP contribution >= 0.6 is 0 Å². The highest BCUT2D eigenvalue weighted by Gasteiger charge is 2.13. The molecule has 0 saturated carbocycles. The average Bonchev–Trinajstić information content (AvgIpc) is 2.45. The molecule has 8 heteroatoms. The molecule has 0 aromatic heterocycles. The van der Waals surface area contributed by atoms with E-state index in [0.29, 0.717) is 11.3 Å². The molecule has 2 aromatic rings. The average molecular weight is 307 g/mol. The van der Waals surface area contributed by atoms with E-state index in [1.54, 1.807) is 30.3 Å². The van der Waals surface area contributed by atoms with Gasteiger partial charge in [-0.15, -0.1) is 0 Å². The van der Waals surface area contributed by atoms with E-state index in [2.05, 4.69) is 5.32 Å². The Morgan fingerprint density at radius 2 is 1.86 bits per heavy atom. The van der Waals surface area contributed by atoms with Gasteiger partial charge in [0.25, 0.3) is 5.69 Å². The van der Waals surface area contributed by atoms with Crippen molar-refractivity contribution in [2.45, 2.75) is 11.4 Å². The maximum Gasteiger partial charge on any atom is 0.269 e. The number of benzene rings is 2. The molecule has 3 N–H and O–H groups in total. The van der Waals surface area contributed by atoms with Gasteiger partial charge in [-0.1, -0.05) is 24.3 Å². The zero-order valence-electron chi connectivity index (χ0n) is 10.9. The monoisotopic (exact) mass is 307 g/mol. The molecule has 0 heterocycles. The highest BCUT2D eigenvalue weighted by atomic mass is 32.2. The number of nitrogens with zero attached hydrogens (tertiary/aromatic N) is 1. The maximum atomic E-state index is 11.5. The molecule has 0 amide bonds. The van der Waals surface area contributed by atoms with E-state index in [9.17, 15) is 18.5 Å². The summed E-state index contributed by atoms with van der Waals surface area (Å²) in [4.78, 5) is 10.2. The van der Waals surface area contributed by atoms with Crippen molar-refractivity contribution < 1.29 is 13.3 Å². The van der Waals surface area contributed by atoms with Gasteiger partial charge in [0, 0.05) is 18.7 Å². The fourth-order valence-electron chi connectivity index (χ4n) is 1.84. The van der Waals surface area contributed by atoms with Gasteiger partial charge in [-0.2, -0.15) is 0 Å². The third kappa shape index (κ3) is 3.77. The van der Waals surface area contributed by atoms with E-state index in [1.807, 2.05) is 0 Å². The van der Waals surface area contributed by atoms with Crippen molar-refractivity contribution in [3.63, 3.8) is 0 Å². The van der Waals surface area contributed by atoms with E-state index >= 15 is 0 Å². The number of rotatable bonds is 5. The summed E-state index contributed by atoms with van der Waals surface area (Å²) in [6.45, 7) is 0.244. The van der Waals surface area contributed by atoms with Crippen molar-refractivity contribution in [1.82, 2.24) is 0 Å². The van der Waals surface area contributed by atoms with Crippen molar-refractivity contribution in [2.24, 2.45) is 5.14 Å². The molecule has 0 aliphatic heterocycles. The molecule has 0 unspecified atom stereocenters. The van der Waals surface area contributed by atoms with E-state index in [0.717, 1.165) is 0 Å². The van der Waals surface area contributed by atoms with Crippen molar-refractivity contribution in [2.75, 3.05) is 5.32 Å². The third-order valence-electron chi connectivity index (χ3n) is 2.80. The number of para-hydroxylation sites is 1. The Labute approximate surface area is 121 Å². The van der Waals surface area contributed by atoms with Crippen molar-refractivity contribution >= 4 is 21.4 Å². The van der Waals surface area contributed by atoms with Crippen LogP contribution in [0.3, 0.4) is 0 Å². The molecule has 0 saturated heterocycles. The largest absolute Gasteiger partial charge is 0.380 e. The van der Waals surface area contributed by atoms with Crippen LogP contribution in [-0.2, 0) is 16.6 Å². The standard InChI is InChI=1S/C13H13N3O4S/c14-21(19,20)13-7-2-1-6-12(13)15-9-10-4-3-5-11(8-10)16(17)18/h1-8,15H,9H2,(H2,14,19,20). The van der Waals surface area contributed by atoms with Crippen molar-refractivity contribution in [3.05, 3.63) is 64.2 Å². The number of nitrogens with two attached hydrogens (primary N) is 1. The molecule has 2 rings (SSSR count). The molecule has 110 valence electrons. The van der Waals surface area contributed by atoms with Crippen LogP contribution in [0, 0.1) is 10.1 Å². The summed E-state index contributed by atoms with van der Waals surface area (Å²) in [7, 11) is -3.83. The number of hydrogen-bond acceptors (Lipinski definition) is 5. The Morgan fingerprint density at radius 1 is 1.14 bits per heavy atom. The van der Waals surface area contributed by atoms with Crippen LogP contribution in [0.4, 0.5) is 11.4 Å². The molecule has 0 fully saturated rings. The van der Waals surface area contributed by atoms with Gasteiger partial charge in [0.1, 0.15) is 4.90 Å². The Morgan fingerprint density at radius 3 is 2.52 bits per heavy atom. The maximum absolute atomic E-state index is 11.5. The zero-order valence-corrected chi connectivity index (χ0v) is 11.7. The Kier molecular flexibility index (Phi) is 4.20. The first kappa shape index (κ1) is 14.9. The summed E-state index contributed by atoms with van der Waals surface area (Å²) in [5, 5.41) is 18.8. The summed E-state index contributed by atoms with van der Waals surface area (Å²) in [6, 6.07) is 12.3. The first-order chi connectivity index (χ1) is 9.88. The number of sulfonamides is 1. The smallest absolute Gasteiger partial charge is 0.269 e. The van der Waals surface area contributed by atoms with E-state index < -0.39 is 14.9 Å². The van der Waals surface area contributed by atoms with Crippen LogP contribution in [0.5, 0.6) is 0 Å². The normalized spacial score (nSPS) is 11.1. The molecule has 21 heavy (non-hydrogen) atoms. The van der Waals surface area contributed by atoms with Crippen LogP contribution in [0.1, 0.15) is 5.56 Å². The summed E-state index contributed by atoms with van der Waals surface area (Å²) in [5.74, 6) is 0. The molecule has 0 atom stereocenters. The number of anilines is 1. The van der Waals surface area contributed by atoms with Crippen molar-refractivity contribution in [1.29, 1.82) is 0 Å². The minimum absolute atomic E-state index is 0.0181. The fourth-order valence-corrected chi connectivity index (χ4v) is 2.55. The molecule has 0 radical (unpaired) electrons. The lowest BCUT2D eigenvalue weighted by atomic mass is 10.2. The molecule has 0 aliphatic carbocycles. The van der Waals surface area contributed by atoms with Crippen LogP contribution < -0.4 is 10.5 Å². The molecular weight excluding hydrogens is 294 g/mol. The Hall–Kier alpha value is -2.45. The summed E-state index contributed by atoms with van der Waals surface area (Å²) >= 11 is 0. The molecule has 0 aliphatic rings.